The van der Waals surface area contributed by atoms with E-state index in [1.165, 1.54) is 24.7 Å². The zero-order chi connectivity index (χ0) is 28.1. The molecule has 0 aliphatic carbocycles. The Bertz CT molecular complexity index is 1860. The van der Waals surface area contributed by atoms with Gasteiger partial charge in [-0.3, -0.25) is 0 Å². The van der Waals surface area contributed by atoms with E-state index in [4.69, 9.17) is 9.15 Å². The van der Waals surface area contributed by atoms with Crippen LogP contribution in [0.4, 0.5) is 15.9 Å². The maximum Gasteiger partial charge on any atom is 0.177 e. The van der Waals surface area contributed by atoms with E-state index in [-0.39, 0.29) is 24.6 Å². The van der Waals surface area contributed by atoms with Gasteiger partial charge in [-0.25, -0.2) is 22.8 Å². The van der Waals surface area contributed by atoms with E-state index in [9.17, 15) is 12.8 Å². The molecule has 0 bridgehead atoms. The van der Waals surface area contributed by atoms with E-state index in [0.717, 1.165) is 32.2 Å². The maximum absolute atomic E-state index is 13.4. The van der Waals surface area contributed by atoms with Crippen molar-refractivity contribution in [2.24, 2.45) is 0 Å². The number of ether oxygens (including phenoxy) is 1. The lowest BCUT2D eigenvalue weighted by Crippen LogP contribution is -2.01. The second-order valence-corrected chi connectivity index (χ2v) is 12.1. The molecule has 0 amide bonds. The smallest absolute Gasteiger partial charge is 0.177 e. The summed E-state index contributed by atoms with van der Waals surface area (Å²) in [6.07, 6.45) is 2.92. The van der Waals surface area contributed by atoms with E-state index in [0.29, 0.717) is 23.1 Å². The van der Waals surface area contributed by atoms with Gasteiger partial charge in [0.1, 0.15) is 45.9 Å². The summed E-state index contributed by atoms with van der Waals surface area (Å²) in [5.74, 6) is 7.72. The Kier molecular flexibility index (Phi) is 8.14. The van der Waals surface area contributed by atoms with Crippen LogP contribution >= 0.6 is 15.9 Å². The first kappa shape index (κ1) is 27.4. The molecular formula is C30H23BrFN3O4S. The van der Waals surface area contributed by atoms with Crippen molar-refractivity contribution in [3.63, 3.8) is 0 Å². The maximum atomic E-state index is 13.4. The average molecular weight is 621 g/mol. The first-order valence-corrected chi connectivity index (χ1v) is 15.0. The third kappa shape index (κ3) is 7.05. The van der Waals surface area contributed by atoms with E-state index < -0.39 is 9.84 Å². The predicted octanol–water partition coefficient (Wildman–Crippen LogP) is 6.90. The molecule has 2 aromatic heterocycles. The van der Waals surface area contributed by atoms with Gasteiger partial charge in [0.05, 0.1) is 15.7 Å². The highest BCUT2D eigenvalue weighted by atomic mass is 79.9. The van der Waals surface area contributed by atoms with E-state index in [1.54, 1.807) is 18.2 Å². The van der Waals surface area contributed by atoms with Crippen LogP contribution < -0.4 is 10.1 Å². The van der Waals surface area contributed by atoms with Crippen LogP contribution in [0.1, 0.15) is 17.7 Å². The Morgan fingerprint density at radius 1 is 1.05 bits per heavy atom. The van der Waals surface area contributed by atoms with Gasteiger partial charge in [-0.1, -0.05) is 18.1 Å². The fraction of sp³-hybridized carbons (Fsp3) is 0.133. The number of hydrogen-bond acceptors (Lipinski definition) is 7. The fourth-order valence-electron chi connectivity index (χ4n) is 3.88. The molecule has 40 heavy (non-hydrogen) atoms. The third-order valence-corrected chi connectivity index (χ3v) is 7.38. The molecule has 5 rings (SSSR count). The number of nitrogens with zero attached hydrogens (tertiary/aromatic N) is 2. The molecule has 0 aliphatic heterocycles. The highest BCUT2D eigenvalue weighted by molar-refractivity contribution is 9.10. The number of halogens is 2. The van der Waals surface area contributed by atoms with Crippen molar-refractivity contribution < 1.29 is 22.0 Å². The van der Waals surface area contributed by atoms with Crippen LogP contribution in [-0.4, -0.2) is 30.4 Å². The minimum absolute atomic E-state index is 0.00918. The minimum atomic E-state index is -3.05. The summed E-state index contributed by atoms with van der Waals surface area (Å²) in [5.41, 5.74) is 3.08. The van der Waals surface area contributed by atoms with Crippen LogP contribution in [0, 0.1) is 17.7 Å². The second-order valence-electron chi connectivity index (χ2n) is 8.99. The van der Waals surface area contributed by atoms with E-state index in [1.807, 2.05) is 42.5 Å². The number of anilines is 2. The Morgan fingerprint density at radius 2 is 1.93 bits per heavy atom. The highest BCUT2D eigenvalue weighted by Gasteiger charge is 2.11. The van der Waals surface area contributed by atoms with Crippen LogP contribution in [0.5, 0.6) is 5.75 Å². The van der Waals surface area contributed by atoms with Crippen LogP contribution in [-0.2, 0) is 16.4 Å². The molecule has 202 valence electrons. The lowest BCUT2D eigenvalue weighted by Gasteiger charge is -2.12. The molecule has 3 aromatic carbocycles. The van der Waals surface area contributed by atoms with Gasteiger partial charge in [0.25, 0.3) is 0 Å². The molecule has 10 heteroatoms. The van der Waals surface area contributed by atoms with Gasteiger partial charge in [0.15, 0.2) is 5.76 Å². The lowest BCUT2D eigenvalue weighted by molar-refractivity contribution is 0.303. The van der Waals surface area contributed by atoms with Gasteiger partial charge in [0.2, 0.25) is 0 Å². The van der Waals surface area contributed by atoms with Crippen LogP contribution in [0.2, 0.25) is 0 Å². The van der Waals surface area contributed by atoms with Crippen molar-refractivity contribution in [2.45, 2.75) is 13.0 Å². The fourth-order valence-corrected chi connectivity index (χ4v) is 4.84. The van der Waals surface area contributed by atoms with Crippen LogP contribution in [0.3, 0.4) is 0 Å². The summed E-state index contributed by atoms with van der Waals surface area (Å²) in [5, 5.41) is 4.13. The summed E-state index contributed by atoms with van der Waals surface area (Å²) in [6.45, 7) is 0.239. The van der Waals surface area contributed by atoms with Crippen molar-refractivity contribution in [1.82, 2.24) is 9.97 Å². The van der Waals surface area contributed by atoms with Crippen molar-refractivity contribution in [3.05, 3.63) is 101 Å². The van der Waals surface area contributed by atoms with Crippen molar-refractivity contribution in [3.8, 4) is 28.9 Å². The molecule has 0 radical (unpaired) electrons. The first-order chi connectivity index (χ1) is 19.2. The number of aromatic nitrogens is 2. The Balaban J connectivity index is 1.32. The molecule has 0 unspecified atom stereocenters. The molecule has 0 saturated heterocycles. The molecule has 0 atom stereocenters. The quantitative estimate of drug-likeness (QED) is 0.189. The zero-order valence-electron chi connectivity index (χ0n) is 21.3. The molecule has 0 fully saturated rings. The number of nitrogens with one attached hydrogen (secondary N) is 1. The average Bonchev–Trinajstić information content (AvgIpc) is 3.39. The number of rotatable bonds is 8. The molecule has 7 nitrogen and oxygen atoms in total. The predicted molar refractivity (Wildman–Crippen MR) is 157 cm³/mol. The number of hydrogen-bond donors (Lipinski definition) is 1. The monoisotopic (exact) mass is 619 g/mol. The number of fused-ring (bicyclic) bond motifs is 1. The molecule has 0 spiro atoms. The Labute approximate surface area is 239 Å². The summed E-state index contributed by atoms with van der Waals surface area (Å²) in [7, 11) is -3.05. The zero-order valence-corrected chi connectivity index (χ0v) is 23.7. The summed E-state index contributed by atoms with van der Waals surface area (Å²) in [6, 6.07) is 21.1. The van der Waals surface area contributed by atoms with Crippen LogP contribution in [0.15, 0.2) is 88.0 Å². The first-order valence-electron chi connectivity index (χ1n) is 12.2. The number of furan rings is 1. The molecule has 0 saturated carbocycles. The molecular weight excluding hydrogens is 597 g/mol. The minimum Gasteiger partial charge on any atom is -0.488 e. The van der Waals surface area contributed by atoms with Gasteiger partial charge < -0.3 is 14.5 Å². The molecule has 5 aromatic rings. The van der Waals surface area contributed by atoms with Crippen LogP contribution in [0.25, 0.3) is 22.2 Å². The normalized spacial score (nSPS) is 11.2. The van der Waals surface area contributed by atoms with Gasteiger partial charge >= 0.3 is 0 Å². The van der Waals surface area contributed by atoms with E-state index >= 15 is 0 Å². The van der Waals surface area contributed by atoms with Crippen molar-refractivity contribution in [1.29, 1.82) is 0 Å². The summed E-state index contributed by atoms with van der Waals surface area (Å²) >= 11 is 3.55. The van der Waals surface area contributed by atoms with Gasteiger partial charge in [0, 0.05) is 29.3 Å². The third-order valence-electron chi connectivity index (χ3n) is 5.81. The summed E-state index contributed by atoms with van der Waals surface area (Å²) in [4.78, 5) is 8.82. The van der Waals surface area contributed by atoms with Gasteiger partial charge in [-0.05, 0) is 88.1 Å². The standard InChI is InChI=1S/C30H23BrFN3O4S/c1-40(36,37)14-3-2-7-24-10-13-28(39-24)21-8-11-27-25(16-21)30(34-19-33-27)35-23-9-12-29(26(31)17-23)38-18-20-5-4-6-22(32)15-20/h4-6,8-13,15-17,19H,3,14,18H2,1H3,(H,33,34,35). The van der Waals surface area contributed by atoms with Crippen molar-refractivity contribution >= 4 is 48.2 Å². The van der Waals surface area contributed by atoms with Gasteiger partial charge in [-0.15, -0.1) is 0 Å². The SMILES string of the molecule is CS(=O)(=O)CCC#Cc1ccc(-c2ccc3ncnc(Nc4ccc(OCc5cccc(F)c5)c(Br)c4)c3c2)o1. The van der Waals surface area contributed by atoms with Crippen molar-refractivity contribution in [2.75, 3.05) is 17.3 Å². The number of sulfone groups is 1. The molecule has 1 N–H and O–H groups in total. The van der Waals surface area contributed by atoms with E-state index in [2.05, 4.69) is 43.1 Å². The molecule has 2 heterocycles. The topological polar surface area (TPSA) is 94.3 Å². The second kappa shape index (κ2) is 11.9. The molecule has 0 aliphatic rings. The lowest BCUT2D eigenvalue weighted by atomic mass is 10.1. The largest absolute Gasteiger partial charge is 0.488 e. The highest BCUT2D eigenvalue weighted by Crippen LogP contribution is 2.33. The van der Waals surface area contributed by atoms with Gasteiger partial charge in [-0.2, -0.15) is 0 Å². The Morgan fingerprint density at radius 3 is 2.73 bits per heavy atom. The Hall–Kier alpha value is -4.20. The summed E-state index contributed by atoms with van der Waals surface area (Å²) < 4.78 is 48.4. The number of benzene rings is 3.